The van der Waals surface area contributed by atoms with Crippen molar-refractivity contribution in [1.29, 1.82) is 0 Å². The summed E-state index contributed by atoms with van der Waals surface area (Å²) in [6.07, 6.45) is -3.48. The number of aromatic hydroxyl groups is 1. The number of fused-ring (bicyclic) bond motifs is 3. The number of carbonyl (C=O) groups is 3. The molecule has 1 saturated heterocycles. The van der Waals surface area contributed by atoms with Crippen molar-refractivity contribution in [3.8, 4) is 5.75 Å². The number of anilines is 1. The zero-order valence-corrected chi connectivity index (χ0v) is 22.9. The van der Waals surface area contributed by atoms with Gasteiger partial charge in [-0.25, -0.2) is 13.2 Å². The molecular weight excluding hydrogens is 565 g/mol. The number of rotatable bonds is 4. The minimum Gasteiger partial charge on any atom is -0.510 e. The lowest BCUT2D eigenvalue weighted by molar-refractivity contribution is -0.143. The first kappa shape index (κ1) is 29.8. The smallest absolute Gasteiger partial charge is 0.262 e. The Balaban J connectivity index is 1.58. The van der Waals surface area contributed by atoms with E-state index in [1.54, 1.807) is 0 Å². The second-order valence-corrected chi connectivity index (χ2v) is 11.7. The van der Waals surface area contributed by atoms with Gasteiger partial charge in [0, 0.05) is 29.5 Å². The van der Waals surface area contributed by atoms with Crippen LogP contribution in [0, 0.1) is 17.7 Å². The van der Waals surface area contributed by atoms with E-state index < -0.39 is 118 Å². The lowest BCUT2D eigenvalue weighted by Gasteiger charge is -2.53. The van der Waals surface area contributed by atoms with Crippen molar-refractivity contribution in [1.82, 2.24) is 9.80 Å². The van der Waals surface area contributed by atoms with Crippen LogP contribution in [-0.2, 0) is 16.0 Å². The Labute approximate surface area is 237 Å². The van der Waals surface area contributed by atoms with Crippen molar-refractivity contribution >= 4 is 23.3 Å². The summed E-state index contributed by atoms with van der Waals surface area (Å²) >= 11 is 0. The number of phenols is 1. The predicted octanol–water partition coefficient (Wildman–Crippen LogP) is 0.329. The van der Waals surface area contributed by atoms with Crippen molar-refractivity contribution < 1.29 is 53.1 Å². The fourth-order valence-corrected chi connectivity index (χ4v) is 7.03. The summed E-state index contributed by atoms with van der Waals surface area (Å²) in [4.78, 5) is 41.2. The maximum Gasteiger partial charge on any atom is 0.262 e. The number of primary amides is 1. The number of alkyl halides is 2. The highest BCUT2D eigenvalue weighted by Gasteiger charge is 2.63. The van der Waals surface area contributed by atoms with Crippen LogP contribution in [0.3, 0.4) is 0 Å². The third-order valence-corrected chi connectivity index (χ3v) is 8.94. The summed E-state index contributed by atoms with van der Waals surface area (Å²) in [5.41, 5.74) is 0.0188. The van der Waals surface area contributed by atoms with E-state index in [9.17, 15) is 48.7 Å². The average molecular weight is 597 g/mol. The summed E-state index contributed by atoms with van der Waals surface area (Å²) in [5, 5.41) is 58.1. The summed E-state index contributed by atoms with van der Waals surface area (Å²) in [6.45, 7) is -0.683. The van der Waals surface area contributed by atoms with Crippen molar-refractivity contribution in [3.63, 3.8) is 0 Å². The number of hydrogen-bond donors (Lipinski definition) is 7. The highest BCUT2D eigenvalue weighted by Crippen LogP contribution is 2.54. The molecular formula is C27H31F3N4O8. The van der Waals surface area contributed by atoms with Crippen LogP contribution >= 0.6 is 0 Å². The van der Waals surface area contributed by atoms with Crippen LogP contribution in [-0.4, -0.2) is 110 Å². The number of allylic oxidation sites excluding steroid dienone is 1. The standard InChI is InChI=1S/C27H31F3N4O8/c1-33(2)18-11-5-9-4-10-12(28)6-13(32-25(41)14-7-26(29,30)8-34(14)3)19(35)16(10)20(36)15(9)22(38)27(11,42)23(39)17(21(18)37)24(31)40/h6,9,11,14,18,23,35,37-39,42H,4-5,7-8H2,1-3H3,(H2,31,40)(H,32,41)/t9-,11-,14-,18-,23?,27-/m0/s1. The van der Waals surface area contributed by atoms with Crippen LogP contribution in [0.25, 0.3) is 0 Å². The van der Waals surface area contributed by atoms with Crippen molar-refractivity contribution in [2.75, 3.05) is 33.0 Å². The van der Waals surface area contributed by atoms with Gasteiger partial charge in [-0.05, 0) is 39.9 Å². The lowest BCUT2D eigenvalue weighted by Crippen LogP contribution is -2.65. The van der Waals surface area contributed by atoms with Crippen LogP contribution in [0.15, 0.2) is 28.7 Å². The Kier molecular flexibility index (Phi) is 6.88. The Morgan fingerprint density at radius 3 is 2.40 bits per heavy atom. The number of nitrogens with zero attached hydrogens (tertiary/aromatic N) is 2. The van der Waals surface area contributed by atoms with Gasteiger partial charge in [0.1, 0.15) is 23.4 Å². The van der Waals surface area contributed by atoms with Crippen LogP contribution in [0.4, 0.5) is 18.9 Å². The molecule has 6 atom stereocenters. The van der Waals surface area contributed by atoms with Crippen molar-refractivity contribution in [2.45, 2.75) is 49.0 Å². The van der Waals surface area contributed by atoms with Gasteiger partial charge in [0.05, 0.1) is 35.5 Å². The zero-order valence-electron chi connectivity index (χ0n) is 22.9. The van der Waals surface area contributed by atoms with E-state index in [1.807, 2.05) is 0 Å². The largest absolute Gasteiger partial charge is 0.510 e. The molecule has 2 amide bonds. The second-order valence-electron chi connectivity index (χ2n) is 11.7. The Hall–Kier alpha value is -3.66. The third-order valence-electron chi connectivity index (χ3n) is 8.94. The number of phenolic OH excluding ortho intramolecular Hbond substituents is 1. The van der Waals surface area contributed by atoms with Crippen LogP contribution < -0.4 is 11.1 Å². The maximum atomic E-state index is 15.4. The molecule has 5 rings (SSSR count). The first-order valence-electron chi connectivity index (χ1n) is 13.1. The number of aliphatic hydroxyl groups is 4. The van der Waals surface area contributed by atoms with Gasteiger partial charge in [0.25, 0.3) is 11.8 Å². The number of amides is 2. The van der Waals surface area contributed by atoms with E-state index in [0.29, 0.717) is 0 Å². The van der Waals surface area contributed by atoms with E-state index in [2.05, 4.69) is 5.32 Å². The van der Waals surface area contributed by atoms with E-state index >= 15 is 4.39 Å². The summed E-state index contributed by atoms with van der Waals surface area (Å²) in [5.74, 6) is -12.2. The van der Waals surface area contributed by atoms with Gasteiger partial charge in [0.15, 0.2) is 17.1 Å². The van der Waals surface area contributed by atoms with Crippen LogP contribution in [0.5, 0.6) is 5.75 Å². The molecule has 4 aliphatic rings. The normalized spacial score (nSPS) is 32.5. The van der Waals surface area contributed by atoms with Gasteiger partial charge in [-0.15, -0.1) is 0 Å². The van der Waals surface area contributed by atoms with Crippen molar-refractivity contribution in [2.24, 2.45) is 17.6 Å². The number of Topliss-reactive ketones (excluding diaryl/α,β-unsaturated/α-hetero) is 1. The van der Waals surface area contributed by atoms with Gasteiger partial charge < -0.3 is 36.6 Å². The molecule has 1 unspecified atom stereocenters. The number of halogens is 3. The molecule has 1 aliphatic heterocycles. The number of ketones is 1. The minimum absolute atomic E-state index is 0.169. The number of carbonyl (C=O) groups excluding carboxylic acids is 3. The Morgan fingerprint density at radius 2 is 1.86 bits per heavy atom. The topological polar surface area (TPSA) is 197 Å². The van der Waals surface area contributed by atoms with E-state index in [4.69, 9.17) is 5.73 Å². The van der Waals surface area contributed by atoms with Crippen molar-refractivity contribution in [3.05, 3.63) is 45.7 Å². The summed E-state index contributed by atoms with van der Waals surface area (Å²) in [7, 11) is 4.32. The molecule has 1 aromatic rings. The number of hydrogen-bond acceptors (Lipinski definition) is 10. The first-order valence-corrected chi connectivity index (χ1v) is 13.1. The predicted molar refractivity (Wildman–Crippen MR) is 139 cm³/mol. The van der Waals surface area contributed by atoms with Crippen LogP contribution in [0.1, 0.15) is 28.8 Å². The average Bonchev–Trinajstić information content (AvgIpc) is 3.16. The number of nitrogens with one attached hydrogen (secondary N) is 1. The molecule has 0 aromatic heterocycles. The molecule has 0 bridgehead atoms. The highest BCUT2D eigenvalue weighted by molar-refractivity contribution is 6.15. The minimum atomic E-state index is -3.14. The van der Waals surface area contributed by atoms with E-state index in [0.717, 1.165) is 11.0 Å². The van der Waals surface area contributed by atoms with Crippen LogP contribution in [0.2, 0.25) is 0 Å². The summed E-state index contributed by atoms with van der Waals surface area (Å²) < 4.78 is 43.0. The quantitative estimate of drug-likeness (QED) is 0.238. The first-order chi connectivity index (χ1) is 19.4. The van der Waals surface area contributed by atoms with Gasteiger partial charge in [-0.3, -0.25) is 24.2 Å². The number of aliphatic hydroxyl groups excluding tert-OH is 3. The fourth-order valence-electron chi connectivity index (χ4n) is 7.03. The molecule has 1 fully saturated rings. The fraction of sp³-hybridized carbons (Fsp3) is 0.519. The second kappa shape index (κ2) is 9.69. The van der Waals surface area contributed by atoms with Gasteiger partial charge in [-0.1, -0.05) is 0 Å². The SMILES string of the molecule is CN(C)[C@@H]1C(O)=C(C(N)=O)C(O)[C@@]2(O)C(O)=C3C(=O)c4c(O)c(NC(=O)[C@@H]5CC(F)(F)CN5C)cc(F)c4C[C@H]3C[C@@H]12. The molecule has 12 nitrogen and oxygen atoms in total. The number of nitrogens with two attached hydrogens (primary N) is 1. The van der Waals surface area contributed by atoms with Gasteiger partial charge in [0.2, 0.25) is 5.91 Å². The van der Waals surface area contributed by atoms with Gasteiger partial charge >= 0.3 is 0 Å². The molecule has 42 heavy (non-hydrogen) atoms. The number of likely N-dealkylation sites (N-methyl/N-ethyl adjacent to an activating group) is 2. The maximum absolute atomic E-state index is 15.4. The molecule has 0 spiro atoms. The molecule has 0 radical (unpaired) electrons. The van der Waals surface area contributed by atoms with E-state index in [-0.39, 0.29) is 18.4 Å². The number of benzene rings is 1. The third kappa shape index (κ3) is 4.17. The Bertz CT molecular complexity index is 1480. The molecule has 3 aliphatic carbocycles. The zero-order chi connectivity index (χ0) is 31.2. The number of likely N-dealkylation sites (tertiary alicyclic amines) is 1. The highest BCUT2D eigenvalue weighted by atomic mass is 19.3. The monoisotopic (exact) mass is 596 g/mol. The molecule has 1 aromatic carbocycles. The Morgan fingerprint density at radius 1 is 1.21 bits per heavy atom. The molecule has 15 heteroatoms. The van der Waals surface area contributed by atoms with E-state index in [1.165, 1.54) is 26.0 Å². The van der Waals surface area contributed by atoms with Gasteiger partial charge in [-0.2, -0.15) is 0 Å². The molecule has 228 valence electrons. The molecule has 0 saturated carbocycles. The molecule has 8 N–H and O–H groups in total. The molecule has 1 heterocycles. The summed E-state index contributed by atoms with van der Waals surface area (Å²) in [6, 6.07) is -1.67. The lowest BCUT2D eigenvalue weighted by atomic mass is 9.58.